The lowest BCUT2D eigenvalue weighted by Crippen LogP contribution is -2.24. The predicted molar refractivity (Wildman–Crippen MR) is 88.9 cm³/mol. The molecule has 0 aliphatic carbocycles. The van der Waals surface area contributed by atoms with E-state index in [1.165, 1.54) is 5.56 Å². The summed E-state index contributed by atoms with van der Waals surface area (Å²) in [5.74, 6) is -0.0128. The first-order chi connectivity index (χ1) is 10.6. The number of benzene rings is 1. The molecule has 2 amide bonds. The largest absolute Gasteiger partial charge is 0.352 e. The van der Waals surface area contributed by atoms with Crippen LogP contribution in [0.2, 0.25) is 0 Å². The Morgan fingerprint density at radius 2 is 2.00 bits per heavy atom. The van der Waals surface area contributed by atoms with Crippen LogP contribution < -0.4 is 5.32 Å². The van der Waals surface area contributed by atoms with Gasteiger partial charge in [0.05, 0.1) is 0 Å². The van der Waals surface area contributed by atoms with Crippen LogP contribution in [-0.2, 0) is 17.8 Å². The van der Waals surface area contributed by atoms with Gasteiger partial charge < -0.3 is 10.2 Å². The number of carbonyl (C=O) groups excluding carboxylic acids is 2. The number of thiophene rings is 1. The molecule has 0 unspecified atom stereocenters. The van der Waals surface area contributed by atoms with E-state index in [1.807, 2.05) is 29.6 Å². The lowest BCUT2D eigenvalue weighted by atomic mass is 10.1. The van der Waals surface area contributed by atoms with Crippen LogP contribution in [0, 0.1) is 0 Å². The molecular formula is C17H20N2O2S. The summed E-state index contributed by atoms with van der Waals surface area (Å²) in [6.07, 6.45) is 1.24. The van der Waals surface area contributed by atoms with Gasteiger partial charge >= 0.3 is 0 Å². The summed E-state index contributed by atoms with van der Waals surface area (Å²) in [6, 6.07) is 9.38. The molecule has 2 aromatic rings. The first kappa shape index (κ1) is 16.2. The molecule has 0 spiro atoms. The van der Waals surface area contributed by atoms with Gasteiger partial charge in [-0.2, -0.15) is 11.3 Å². The summed E-state index contributed by atoms with van der Waals surface area (Å²) in [7, 11) is 3.45. The van der Waals surface area contributed by atoms with E-state index in [-0.39, 0.29) is 11.8 Å². The fourth-order valence-electron chi connectivity index (χ4n) is 2.05. The third-order valence-corrected chi connectivity index (χ3v) is 4.02. The Labute approximate surface area is 134 Å². The van der Waals surface area contributed by atoms with E-state index in [0.717, 1.165) is 12.0 Å². The molecule has 4 nitrogen and oxygen atoms in total. The summed E-state index contributed by atoms with van der Waals surface area (Å²) in [4.78, 5) is 25.3. The molecule has 0 aliphatic heterocycles. The Morgan fingerprint density at radius 1 is 1.18 bits per heavy atom. The average molecular weight is 316 g/mol. The standard InChI is InChI=1S/C17H20N2O2S/c1-19(2)17(21)15-5-3-4-14(10-15)11-18-16(20)7-6-13-8-9-22-12-13/h3-5,8-10,12H,6-7,11H2,1-2H3,(H,18,20). The molecule has 22 heavy (non-hydrogen) atoms. The van der Waals surface area contributed by atoms with Gasteiger partial charge in [0.1, 0.15) is 0 Å². The minimum absolute atomic E-state index is 0.0236. The number of rotatable bonds is 6. The third-order valence-electron chi connectivity index (χ3n) is 3.29. The smallest absolute Gasteiger partial charge is 0.253 e. The number of hydrogen-bond acceptors (Lipinski definition) is 3. The molecule has 5 heteroatoms. The van der Waals surface area contributed by atoms with E-state index < -0.39 is 0 Å². The molecule has 116 valence electrons. The molecule has 1 N–H and O–H groups in total. The van der Waals surface area contributed by atoms with Crippen molar-refractivity contribution in [2.24, 2.45) is 0 Å². The van der Waals surface area contributed by atoms with Gasteiger partial charge in [-0.1, -0.05) is 12.1 Å². The van der Waals surface area contributed by atoms with Crippen LogP contribution in [0.25, 0.3) is 0 Å². The normalized spacial score (nSPS) is 10.3. The van der Waals surface area contributed by atoms with E-state index >= 15 is 0 Å². The van der Waals surface area contributed by atoms with Crippen molar-refractivity contribution in [1.29, 1.82) is 0 Å². The number of aryl methyl sites for hydroxylation is 1. The zero-order valence-electron chi connectivity index (χ0n) is 12.8. The van der Waals surface area contributed by atoms with E-state index in [0.29, 0.717) is 18.5 Å². The van der Waals surface area contributed by atoms with Gasteiger partial charge in [-0.3, -0.25) is 9.59 Å². The lowest BCUT2D eigenvalue weighted by molar-refractivity contribution is -0.121. The van der Waals surface area contributed by atoms with Crippen LogP contribution in [0.1, 0.15) is 27.9 Å². The van der Waals surface area contributed by atoms with Crippen molar-refractivity contribution in [2.45, 2.75) is 19.4 Å². The van der Waals surface area contributed by atoms with E-state index in [4.69, 9.17) is 0 Å². The summed E-state index contributed by atoms with van der Waals surface area (Å²) < 4.78 is 0. The van der Waals surface area contributed by atoms with Gasteiger partial charge in [0.25, 0.3) is 5.91 Å². The van der Waals surface area contributed by atoms with Gasteiger partial charge in [-0.15, -0.1) is 0 Å². The minimum Gasteiger partial charge on any atom is -0.352 e. The summed E-state index contributed by atoms with van der Waals surface area (Å²) in [6.45, 7) is 0.441. The molecule has 1 aromatic heterocycles. The van der Waals surface area contributed by atoms with Crippen LogP contribution in [0.3, 0.4) is 0 Å². The van der Waals surface area contributed by atoms with Crippen molar-refractivity contribution in [1.82, 2.24) is 10.2 Å². The van der Waals surface area contributed by atoms with Gasteiger partial charge in [0.2, 0.25) is 5.91 Å². The monoisotopic (exact) mass is 316 g/mol. The molecule has 1 aromatic carbocycles. The van der Waals surface area contributed by atoms with Crippen molar-refractivity contribution >= 4 is 23.2 Å². The van der Waals surface area contributed by atoms with Gasteiger partial charge in [-0.05, 0) is 46.5 Å². The van der Waals surface area contributed by atoms with Crippen molar-refractivity contribution in [3.63, 3.8) is 0 Å². The van der Waals surface area contributed by atoms with E-state index in [9.17, 15) is 9.59 Å². The molecule has 0 bridgehead atoms. The molecular weight excluding hydrogens is 296 g/mol. The summed E-state index contributed by atoms with van der Waals surface area (Å²) in [5.41, 5.74) is 2.75. The number of hydrogen-bond donors (Lipinski definition) is 1. The fraction of sp³-hybridized carbons (Fsp3) is 0.294. The molecule has 0 saturated heterocycles. The Hall–Kier alpha value is -2.14. The molecule has 0 fully saturated rings. The second-order valence-corrected chi connectivity index (χ2v) is 6.09. The lowest BCUT2D eigenvalue weighted by Gasteiger charge is -2.11. The summed E-state index contributed by atoms with van der Waals surface area (Å²) >= 11 is 1.64. The molecule has 0 radical (unpaired) electrons. The average Bonchev–Trinajstić information content (AvgIpc) is 3.03. The third kappa shape index (κ3) is 4.70. The Morgan fingerprint density at radius 3 is 2.68 bits per heavy atom. The van der Waals surface area contributed by atoms with Crippen molar-refractivity contribution < 1.29 is 9.59 Å². The van der Waals surface area contributed by atoms with Crippen molar-refractivity contribution in [2.75, 3.05) is 14.1 Å². The topological polar surface area (TPSA) is 49.4 Å². The number of nitrogens with zero attached hydrogens (tertiary/aromatic N) is 1. The van der Waals surface area contributed by atoms with Crippen LogP contribution >= 0.6 is 11.3 Å². The van der Waals surface area contributed by atoms with Gasteiger partial charge in [0.15, 0.2) is 0 Å². The highest BCUT2D eigenvalue weighted by Crippen LogP contribution is 2.09. The first-order valence-corrected chi connectivity index (χ1v) is 8.09. The second-order valence-electron chi connectivity index (χ2n) is 5.31. The maximum absolute atomic E-state index is 11.9. The second kappa shape index (κ2) is 7.75. The molecule has 2 rings (SSSR count). The minimum atomic E-state index is -0.0364. The fourth-order valence-corrected chi connectivity index (χ4v) is 2.76. The van der Waals surface area contributed by atoms with Crippen LogP contribution in [-0.4, -0.2) is 30.8 Å². The maximum Gasteiger partial charge on any atom is 0.253 e. The predicted octanol–water partition coefficient (Wildman–Crippen LogP) is 2.70. The molecule has 0 atom stereocenters. The highest BCUT2D eigenvalue weighted by atomic mass is 32.1. The van der Waals surface area contributed by atoms with Crippen LogP contribution in [0.4, 0.5) is 0 Å². The van der Waals surface area contributed by atoms with E-state index in [1.54, 1.807) is 36.4 Å². The Bertz CT molecular complexity index is 636. The van der Waals surface area contributed by atoms with Crippen molar-refractivity contribution in [3.8, 4) is 0 Å². The summed E-state index contributed by atoms with van der Waals surface area (Å²) in [5, 5.41) is 6.97. The number of nitrogens with one attached hydrogen (secondary N) is 1. The first-order valence-electron chi connectivity index (χ1n) is 7.14. The maximum atomic E-state index is 11.9. The zero-order valence-corrected chi connectivity index (χ0v) is 13.7. The number of carbonyl (C=O) groups is 2. The highest BCUT2D eigenvalue weighted by molar-refractivity contribution is 7.07. The van der Waals surface area contributed by atoms with Crippen molar-refractivity contribution in [3.05, 3.63) is 57.8 Å². The molecule has 0 aliphatic rings. The highest BCUT2D eigenvalue weighted by Gasteiger charge is 2.08. The van der Waals surface area contributed by atoms with Crippen LogP contribution in [0.15, 0.2) is 41.1 Å². The Kier molecular flexibility index (Phi) is 5.72. The SMILES string of the molecule is CN(C)C(=O)c1cccc(CNC(=O)CCc2ccsc2)c1. The van der Waals surface area contributed by atoms with Gasteiger partial charge in [-0.25, -0.2) is 0 Å². The Balaban J connectivity index is 1.84. The molecule has 0 saturated carbocycles. The quantitative estimate of drug-likeness (QED) is 0.891. The number of amides is 2. The van der Waals surface area contributed by atoms with E-state index in [2.05, 4.69) is 10.7 Å². The van der Waals surface area contributed by atoms with Crippen LogP contribution in [0.5, 0.6) is 0 Å². The zero-order chi connectivity index (χ0) is 15.9. The van der Waals surface area contributed by atoms with Gasteiger partial charge in [0, 0.05) is 32.6 Å². The molecule has 1 heterocycles.